The van der Waals surface area contributed by atoms with E-state index in [0.29, 0.717) is 6.54 Å². The number of aryl methyl sites for hydroxylation is 3. The first-order valence-corrected chi connectivity index (χ1v) is 5.52. The molecule has 0 radical (unpaired) electrons. The summed E-state index contributed by atoms with van der Waals surface area (Å²) in [6.45, 7) is 7.62. The van der Waals surface area contributed by atoms with Gasteiger partial charge in [0.05, 0.1) is 17.9 Å². The van der Waals surface area contributed by atoms with Gasteiger partial charge in [-0.15, -0.1) is 0 Å². The molecule has 0 spiro atoms. The third-order valence-corrected chi connectivity index (χ3v) is 2.52. The van der Waals surface area contributed by atoms with Gasteiger partial charge in [0.15, 0.2) is 0 Å². The van der Waals surface area contributed by atoms with E-state index >= 15 is 0 Å². The first kappa shape index (κ1) is 10.8. The number of nitrogens with zero attached hydrogens (tertiary/aromatic N) is 2. The molecule has 0 bridgehead atoms. The molecule has 1 N–H and O–H groups in total. The van der Waals surface area contributed by atoms with E-state index in [0.717, 1.165) is 29.4 Å². The standard InChI is InChI=1S/C12H17N3O/c1-4-15-8-12(10(3)14-15)13-7-11-6-5-9(2)16-11/h5-6,8,13H,4,7H2,1-3H3. The van der Waals surface area contributed by atoms with Crippen molar-refractivity contribution in [3.05, 3.63) is 35.5 Å². The molecule has 0 saturated carbocycles. The highest BCUT2D eigenvalue weighted by Gasteiger charge is 2.04. The molecule has 2 heterocycles. The molecular formula is C12H17N3O. The molecule has 2 aromatic heterocycles. The number of nitrogens with one attached hydrogen (secondary N) is 1. The monoisotopic (exact) mass is 219 g/mol. The first-order chi connectivity index (χ1) is 7.69. The Kier molecular flexibility index (Phi) is 2.99. The number of furan rings is 1. The fourth-order valence-electron chi connectivity index (χ4n) is 1.62. The Morgan fingerprint density at radius 3 is 2.75 bits per heavy atom. The van der Waals surface area contributed by atoms with Crippen LogP contribution in [0, 0.1) is 13.8 Å². The van der Waals surface area contributed by atoms with Gasteiger partial charge in [0.25, 0.3) is 0 Å². The quantitative estimate of drug-likeness (QED) is 0.859. The van der Waals surface area contributed by atoms with E-state index in [1.807, 2.05) is 36.9 Å². The maximum absolute atomic E-state index is 5.49. The van der Waals surface area contributed by atoms with E-state index in [4.69, 9.17) is 4.42 Å². The van der Waals surface area contributed by atoms with E-state index in [1.54, 1.807) is 0 Å². The predicted molar refractivity (Wildman–Crippen MR) is 63.4 cm³/mol. The second-order valence-corrected chi connectivity index (χ2v) is 3.85. The van der Waals surface area contributed by atoms with Crippen LogP contribution in [0.2, 0.25) is 0 Å². The Labute approximate surface area is 95.3 Å². The summed E-state index contributed by atoms with van der Waals surface area (Å²) in [5.41, 5.74) is 2.08. The number of hydrogen-bond acceptors (Lipinski definition) is 3. The van der Waals surface area contributed by atoms with Crippen LogP contribution < -0.4 is 5.32 Å². The normalized spacial score (nSPS) is 10.7. The van der Waals surface area contributed by atoms with Gasteiger partial charge in [0, 0.05) is 12.7 Å². The molecule has 16 heavy (non-hydrogen) atoms. The lowest BCUT2D eigenvalue weighted by Gasteiger charge is -2.01. The zero-order chi connectivity index (χ0) is 11.5. The second-order valence-electron chi connectivity index (χ2n) is 3.85. The Morgan fingerprint density at radius 2 is 2.19 bits per heavy atom. The van der Waals surface area contributed by atoms with Gasteiger partial charge in [-0.3, -0.25) is 4.68 Å². The average molecular weight is 219 g/mol. The minimum atomic E-state index is 0.698. The molecule has 0 unspecified atom stereocenters. The molecule has 0 atom stereocenters. The van der Waals surface area contributed by atoms with Gasteiger partial charge < -0.3 is 9.73 Å². The average Bonchev–Trinajstić information content (AvgIpc) is 2.82. The Bertz CT molecular complexity index is 470. The highest BCUT2D eigenvalue weighted by molar-refractivity contribution is 5.45. The van der Waals surface area contributed by atoms with Crippen molar-refractivity contribution in [3.63, 3.8) is 0 Å². The third kappa shape index (κ3) is 2.27. The molecule has 0 fully saturated rings. The number of aromatic nitrogens is 2. The van der Waals surface area contributed by atoms with Crippen LogP contribution in [-0.4, -0.2) is 9.78 Å². The van der Waals surface area contributed by atoms with Crippen LogP contribution in [0.25, 0.3) is 0 Å². The van der Waals surface area contributed by atoms with Crippen molar-refractivity contribution < 1.29 is 4.42 Å². The van der Waals surface area contributed by atoms with Gasteiger partial charge in [0.1, 0.15) is 11.5 Å². The summed E-state index contributed by atoms with van der Waals surface area (Å²) in [6.07, 6.45) is 2.02. The van der Waals surface area contributed by atoms with Crippen LogP contribution in [0.5, 0.6) is 0 Å². The van der Waals surface area contributed by atoms with Crippen molar-refractivity contribution in [1.29, 1.82) is 0 Å². The lowest BCUT2D eigenvalue weighted by Crippen LogP contribution is -1.98. The van der Waals surface area contributed by atoms with Crippen LogP contribution in [0.1, 0.15) is 24.1 Å². The fourth-order valence-corrected chi connectivity index (χ4v) is 1.62. The van der Waals surface area contributed by atoms with Crippen molar-refractivity contribution in [2.45, 2.75) is 33.9 Å². The van der Waals surface area contributed by atoms with Gasteiger partial charge in [0.2, 0.25) is 0 Å². The maximum Gasteiger partial charge on any atom is 0.123 e. The van der Waals surface area contributed by atoms with Crippen LogP contribution in [0.4, 0.5) is 5.69 Å². The highest BCUT2D eigenvalue weighted by atomic mass is 16.3. The summed E-state index contributed by atoms with van der Waals surface area (Å²) in [7, 11) is 0. The third-order valence-electron chi connectivity index (χ3n) is 2.52. The molecule has 0 aliphatic carbocycles. The molecule has 0 aliphatic rings. The number of hydrogen-bond donors (Lipinski definition) is 1. The summed E-state index contributed by atoms with van der Waals surface area (Å²) in [5.74, 6) is 1.89. The summed E-state index contributed by atoms with van der Waals surface area (Å²) in [5, 5.41) is 7.69. The lowest BCUT2D eigenvalue weighted by molar-refractivity contribution is 0.490. The van der Waals surface area contributed by atoms with Gasteiger partial charge in [-0.25, -0.2) is 0 Å². The van der Waals surface area contributed by atoms with Crippen molar-refractivity contribution in [1.82, 2.24) is 9.78 Å². The molecule has 2 rings (SSSR count). The highest BCUT2D eigenvalue weighted by Crippen LogP contribution is 2.14. The van der Waals surface area contributed by atoms with E-state index in [9.17, 15) is 0 Å². The minimum Gasteiger partial charge on any atom is -0.465 e. The minimum absolute atomic E-state index is 0.698. The van der Waals surface area contributed by atoms with Gasteiger partial charge >= 0.3 is 0 Å². The zero-order valence-corrected chi connectivity index (χ0v) is 9.95. The SMILES string of the molecule is CCn1cc(NCc2ccc(C)o2)c(C)n1. The molecule has 2 aromatic rings. The van der Waals surface area contributed by atoms with Gasteiger partial charge in [-0.2, -0.15) is 5.10 Å². The summed E-state index contributed by atoms with van der Waals surface area (Å²) >= 11 is 0. The fraction of sp³-hybridized carbons (Fsp3) is 0.417. The Balaban J connectivity index is 2.01. The smallest absolute Gasteiger partial charge is 0.123 e. The Hall–Kier alpha value is -1.71. The molecule has 0 aromatic carbocycles. The van der Waals surface area contributed by atoms with E-state index in [2.05, 4.69) is 17.3 Å². The van der Waals surface area contributed by atoms with Crippen LogP contribution >= 0.6 is 0 Å². The van der Waals surface area contributed by atoms with Crippen LogP contribution in [-0.2, 0) is 13.1 Å². The van der Waals surface area contributed by atoms with Crippen molar-refractivity contribution >= 4 is 5.69 Å². The molecular weight excluding hydrogens is 202 g/mol. The molecule has 4 heteroatoms. The maximum atomic E-state index is 5.49. The first-order valence-electron chi connectivity index (χ1n) is 5.52. The molecule has 86 valence electrons. The topological polar surface area (TPSA) is 43.0 Å². The van der Waals surface area contributed by atoms with Crippen molar-refractivity contribution in [3.8, 4) is 0 Å². The zero-order valence-electron chi connectivity index (χ0n) is 9.95. The predicted octanol–water partition coefficient (Wildman–Crippen LogP) is 2.72. The Morgan fingerprint density at radius 1 is 1.38 bits per heavy atom. The molecule has 0 amide bonds. The summed E-state index contributed by atoms with van der Waals surface area (Å²) < 4.78 is 7.41. The number of rotatable bonds is 4. The van der Waals surface area contributed by atoms with Crippen molar-refractivity contribution in [2.75, 3.05) is 5.32 Å². The van der Waals surface area contributed by atoms with E-state index in [-0.39, 0.29) is 0 Å². The van der Waals surface area contributed by atoms with Crippen molar-refractivity contribution in [2.24, 2.45) is 0 Å². The van der Waals surface area contributed by atoms with Gasteiger partial charge in [-0.05, 0) is 32.9 Å². The lowest BCUT2D eigenvalue weighted by atomic mass is 10.3. The van der Waals surface area contributed by atoms with Crippen LogP contribution in [0.15, 0.2) is 22.7 Å². The van der Waals surface area contributed by atoms with E-state index in [1.165, 1.54) is 0 Å². The van der Waals surface area contributed by atoms with Crippen LogP contribution in [0.3, 0.4) is 0 Å². The largest absolute Gasteiger partial charge is 0.465 e. The summed E-state index contributed by atoms with van der Waals surface area (Å²) in [6, 6.07) is 3.96. The van der Waals surface area contributed by atoms with Gasteiger partial charge in [-0.1, -0.05) is 0 Å². The van der Waals surface area contributed by atoms with E-state index < -0.39 is 0 Å². The second kappa shape index (κ2) is 4.43. The molecule has 0 aliphatic heterocycles. The summed E-state index contributed by atoms with van der Waals surface area (Å²) in [4.78, 5) is 0. The molecule has 4 nitrogen and oxygen atoms in total. The molecule has 0 saturated heterocycles. The number of anilines is 1.